The zero-order valence-electron chi connectivity index (χ0n) is 45.4. The summed E-state index contributed by atoms with van der Waals surface area (Å²) in [5.74, 6) is -1.06. The van der Waals surface area contributed by atoms with E-state index < -0.39 is 12.1 Å². The number of carbonyl (C=O) groups excluding carboxylic acids is 3. The summed E-state index contributed by atoms with van der Waals surface area (Å²) in [6, 6.07) is 0. The normalized spacial score (nSPS) is 13.2. The van der Waals surface area contributed by atoms with Crippen molar-refractivity contribution in [3.8, 4) is 0 Å². The molecule has 0 aromatic heterocycles. The zero-order valence-corrected chi connectivity index (χ0v) is 45.4. The summed E-state index contributed by atoms with van der Waals surface area (Å²) in [4.78, 5) is 38.1. The van der Waals surface area contributed by atoms with Gasteiger partial charge < -0.3 is 14.2 Å². The molecule has 1 atom stereocenters. The van der Waals surface area contributed by atoms with Crippen molar-refractivity contribution in [1.82, 2.24) is 0 Å². The SMILES string of the molecule is CC/C=C\C/C=C\C/C=C\C/C=C\C/C=C\C/C=C\CCC(=O)O[C@H](COC(=O)CCCCC/C=C\C/C=C\C/C=C\C/C=C\C/C=C\CC)COC(=O)CCCCCCCCC/C=C\CCCCCC. The molecule has 0 spiro atoms. The molecule has 0 aliphatic rings. The predicted molar refractivity (Wildman–Crippen MR) is 306 cm³/mol. The molecule has 0 rings (SSSR count). The average molecular weight is 980 g/mol. The van der Waals surface area contributed by atoms with Crippen LogP contribution in [0.4, 0.5) is 0 Å². The molecule has 0 saturated heterocycles. The highest BCUT2D eigenvalue weighted by Crippen LogP contribution is 2.13. The van der Waals surface area contributed by atoms with Crippen LogP contribution in [-0.4, -0.2) is 37.2 Å². The van der Waals surface area contributed by atoms with Crippen LogP contribution in [0.15, 0.2) is 146 Å². The molecule has 0 aliphatic carbocycles. The summed E-state index contributed by atoms with van der Waals surface area (Å²) in [6.07, 6.45) is 82.7. The van der Waals surface area contributed by atoms with Gasteiger partial charge in [0.05, 0.1) is 0 Å². The van der Waals surface area contributed by atoms with Gasteiger partial charge in [0.15, 0.2) is 6.10 Å². The van der Waals surface area contributed by atoms with E-state index in [-0.39, 0.29) is 31.6 Å². The number of esters is 3. The van der Waals surface area contributed by atoms with Crippen LogP contribution >= 0.6 is 0 Å². The van der Waals surface area contributed by atoms with Crippen LogP contribution in [0, 0.1) is 0 Å². The first-order chi connectivity index (χ1) is 35.0. The molecule has 6 nitrogen and oxygen atoms in total. The van der Waals surface area contributed by atoms with E-state index >= 15 is 0 Å². The molecule has 0 N–H and O–H groups in total. The Balaban J connectivity index is 4.60. The van der Waals surface area contributed by atoms with Crippen LogP contribution in [-0.2, 0) is 28.6 Å². The molecule has 0 radical (unpaired) electrons. The molecule has 6 heteroatoms. The van der Waals surface area contributed by atoms with Crippen molar-refractivity contribution in [2.45, 2.75) is 232 Å². The Hall–Kier alpha value is -4.71. The fourth-order valence-electron chi connectivity index (χ4n) is 7.13. The summed E-state index contributed by atoms with van der Waals surface area (Å²) in [5, 5.41) is 0. The van der Waals surface area contributed by atoms with Crippen molar-refractivity contribution in [1.29, 1.82) is 0 Å². The average Bonchev–Trinajstić information content (AvgIpc) is 3.37. The van der Waals surface area contributed by atoms with E-state index in [4.69, 9.17) is 14.2 Å². The lowest BCUT2D eigenvalue weighted by molar-refractivity contribution is -0.166. The molecule has 398 valence electrons. The molecular formula is C65H102O6. The Morgan fingerprint density at radius 1 is 0.296 bits per heavy atom. The topological polar surface area (TPSA) is 78.9 Å². The maximum Gasteiger partial charge on any atom is 0.306 e. The summed E-state index contributed by atoms with van der Waals surface area (Å²) in [5.41, 5.74) is 0. The second kappa shape index (κ2) is 57.9. The highest BCUT2D eigenvalue weighted by molar-refractivity contribution is 5.71. The molecule has 0 aromatic carbocycles. The molecule has 0 unspecified atom stereocenters. The molecule has 0 amide bonds. The third-order valence-electron chi connectivity index (χ3n) is 11.3. The van der Waals surface area contributed by atoms with E-state index in [9.17, 15) is 14.4 Å². The van der Waals surface area contributed by atoms with E-state index in [1.54, 1.807) is 0 Å². The van der Waals surface area contributed by atoms with Crippen molar-refractivity contribution in [3.63, 3.8) is 0 Å². The van der Waals surface area contributed by atoms with Crippen LogP contribution in [0.2, 0.25) is 0 Å². The number of hydrogen-bond acceptors (Lipinski definition) is 6. The maximum absolute atomic E-state index is 12.8. The number of hydrogen-bond donors (Lipinski definition) is 0. The maximum atomic E-state index is 12.8. The van der Waals surface area contributed by atoms with Gasteiger partial charge in [0, 0.05) is 19.3 Å². The van der Waals surface area contributed by atoms with E-state index in [0.717, 1.165) is 116 Å². The summed E-state index contributed by atoms with van der Waals surface area (Å²) in [7, 11) is 0. The first-order valence-electron chi connectivity index (χ1n) is 28.3. The second-order valence-corrected chi connectivity index (χ2v) is 18.1. The van der Waals surface area contributed by atoms with Gasteiger partial charge in [0.2, 0.25) is 0 Å². The quantitative estimate of drug-likeness (QED) is 0.0262. The molecular weight excluding hydrogens is 877 g/mol. The molecule has 71 heavy (non-hydrogen) atoms. The van der Waals surface area contributed by atoms with E-state index in [1.165, 1.54) is 64.2 Å². The molecule has 0 aromatic rings. The Labute approximate surface area is 436 Å². The van der Waals surface area contributed by atoms with E-state index in [0.29, 0.717) is 19.3 Å². The van der Waals surface area contributed by atoms with Crippen molar-refractivity contribution < 1.29 is 28.6 Å². The lowest BCUT2D eigenvalue weighted by Crippen LogP contribution is -2.30. The molecule has 0 fully saturated rings. The Kier molecular flexibility index (Phi) is 54.0. The van der Waals surface area contributed by atoms with Crippen molar-refractivity contribution in [3.05, 3.63) is 146 Å². The van der Waals surface area contributed by atoms with Gasteiger partial charge in [-0.25, -0.2) is 0 Å². The zero-order chi connectivity index (χ0) is 51.4. The monoisotopic (exact) mass is 979 g/mol. The lowest BCUT2D eigenvalue weighted by Gasteiger charge is -2.18. The first-order valence-corrected chi connectivity index (χ1v) is 28.3. The van der Waals surface area contributed by atoms with Crippen molar-refractivity contribution in [2.24, 2.45) is 0 Å². The summed E-state index contributed by atoms with van der Waals surface area (Å²) >= 11 is 0. The second-order valence-electron chi connectivity index (χ2n) is 18.1. The summed E-state index contributed by atoms with van der Waals surface area (Å²) < 4.78 is 16.8. The van der Waals surface area contributed by atoms with Crippen molar-refractivity contribution >= 4 is 17.9 Å². The van der Waals surface area contributed by atoms with Gasteiger partial charge in [-0.05, 0) is 128 Å². The van der Waals surface area contributed by atoms with Gasteiger partial charge in [-0.1, -0.05) is 224 Å². The van der Waals surface area contributed by atoms with E-state index in [2.05, 4.69) is 154 Å². The summed E-state index contributed by atoms with van der Waals surface area (Å²) in [6.45, 7) is 6.29. The lowest BCUT2D eigenvalue weighted by atomic mass is 10.1. The number of rotatable bonds is 49. The van der Waals surface area contributed by atoms with Gasteiger partial charge >= 0.3 is 17.9 Å². The third kappa shape index (κ3) is 56.1. The molecule has 0 aliphatic heterocycles. The van der Waals surface area contributed by atoms with Crippen molar-refractivity contribution in [2.75, 3.05) is 13.2 Å². The van der Waals surface area contributed by atoms with Gasteiger partial charge in [-0.2, -0.15) is 0 Å². The minimum atomic E-state index is -0.841. The molecule has 0 bridgehead atoms. The first kappa shape index (κ1) is 66.3. The molecule has 0 saturated carbocycles. The van der Waals surface area contributed by atoms with Gasteiger partial charge in [0.1, 0.15) is 13.2 Å². The van der Waals surface area contributed by atoms with E-state index in [1.807, 2.05) is 12.2 Å². The number of carbonyl (C=O) groups is 3. The smallest absolute Gasteiger partial charge is 0.306 e. The number of unbranched alkanes of at least 4 members (excludes halogenated alkanes) is 14. The highest BCUT2D eigenvalue weighted by atomic mass is 16.6. The van der Waals surface area contributed by atoms with Gasteiger partial charge in [-0.15, -0.1) is 0 Å². The predicted octanol–water partition coefficient (Wildman–Crippen LogP) is 19.2. The van der Waals surface area contributed by atoms with Gasteiger partial charge in [-0.3, -0.25) is 14.4 Å². The van der Waals surface area contributed by atoms with Crippen LogP contribution in [0.5, 0.6) is 0 Å². The molecule has 0 heterocycles. The number of allylic oxidation sites excluding steroid dienone is 24. The Bertz CT molecular complexity index is 1590. The third-order valence-corrected chi connectivity index (χ3v) is 11.3. The highest BCUT2D eigenvalue weighted by Gasteiger charge is 2.19. The van der Waals surface area contributed by atoms with Crippen LogP contribution < -0.4 is 0 Å². The van der Waals surface area contributed by atoms with Crippen LogP contribution in [0.3, 0.4) is 0 Å². The number of ether oxygens (including phenoxy) is 3. The Morgan fingerprint density at radius 2 is 0.577 bits per heavy atom. The fraction of sp³-hybridized carbons (Fsp3) is 0.585. The minimum Gasteiger partial charge on any atom is -0.462 e. The standard InChI is InChI=1S/C65H102O6/c1-4-7-10-13-16-19-22-25-28-30-32-34-37-40-43-46-49-52-55-58-64(67)70-61-62(60-69-63(66)57-54-51-48-45-42-39-36-27-24-21-18-15-12-9-6-3)71-65(68)59-56-53-50-47-44-41-38-35-33-31-29-26-23-20-17-14-11-8-5-2/h7-8,10-11,16-17,19-21,24-26,28-29,32-35,40-41,43-44,50,53,62H,4-6,9,12-15,18,22-23,27,30-31,36-39,42,45-49,51-52,54-61H2,1-3H3/b10-7-,11-8-,19-16-,20-17-,24-21-,28-25-,29-26-,34-32-,35-33-,43-40-,44-41-,53-50-/t62-/m0/s1. The van der Waals surface area contributed by atoms with Gasteiger partial charge in [0.25, 0.3) is 0 Å². The fourth-order valence-corrected chi connectivity index (χ4v) is 7.13. The van der Waals surface area contributed by atoms with Crippen LogP contribution in [0.25, 0.3) is 0 Å². The van der Waals surface area contributed by atoms with Crippen LogP contribution in [0.1, 0.15) is 226 Å². The minimum absolute atomic E-state index is 0.127. The Morgan fingerprint density at radius 3 is 0.944 bits per heavy atom. The largest absolute Gasteiger partial charge is 0.462 e.